The average Bonchev–Trinajstić information content (AvgIpc) is 2.47. The lowest BCUT2D eigenvalue weighted by Gasteiger charge is -2.09. The summed E-state index contributed by atoms with van der Waals surface area (Å²) in [6.07, 6.45) is 1.59. The Morgan fingerprint density at radius 2 is 2.05 bits per heavy atom. The maximum absolute atomic E-state index is 8.95. The van der Waals surface area contributed by atoms with Gasteiger partial charge in [0, 0.05) is 18.4 Å². The molecule has 0 atom stereocenters. The molecule has 0 amide bonds. The topological polar surface area (TPSA) is 84.0 Å². The fraction of sp³-hybridized carbons (Fsp3) is 0.143. The summed E-state index contributed by atoms with van der Waals surface area (Å²) in [6, 6.07) is 13.1. The van der Waals surface area contributed by atoms with Gasteiger partial charge in [0.15, 0.2) is 5.69 Å². The summed E-state index contributed by atoms with van der Waals surface area (Å²) in [4.78, 5) is 3.99. The number of rotatable bonds is 5. The molecular formula is C14H14N4O. The molecule has 1 aromatic carbocycles. The van der Waals surface area contributed by atoms with Crippen molar-refractivity contribution in [2.45, 2.75) is 0 Å². The second-order valence-electron chi connectivity index (χ2n) is 3.80. The van der Waals surface area contributed by atoms with Gasteiger partial charge in [-0.1, -0.05) is 0 Å². The molecule has 0 aliphatic rings. The van der Waals surface area contributed by atoms with Gasteiger partial charge in [-0.25, -0.2) is 4.98 Å². The van der Waals surface area contributed by atoms with Gasteiger partial charge < -0.3 is 15.8 Å². The predicted octanol–water partition coefficient (Wildman–Crippen LogP) is 2.03. The van der Waals surface area contributed by atoms with E-state index in [4.69, 9.17) is 15.7 Å². The molecule has 1 heterocycles. The number of hydrogen-bond acceptors (Lipinski definition) is 5. The number of nitrogens with one attached hydrogen (secondary N) is 1. The molecule has 96 valence electrons. The second-order valence-corrected chi connectivity index (χ2v) is 3.80. The van der Waals surface area contributed by atoms with E-state index in [1.54, 1.807) is 12.3 Å². The number of benzene rings is 1. The highest BCUT2D eigenvalue weighted by Crippen LogP contribution is 2.21. The van der Waals surface area contributed by atoms with E-state index in [1.165, 1.54) is 0 Å². The maximum atomic E-state index is 8.95. The summed E-state index contributed by atoms with van der Waals surface area (Å²) in [6.45, 7) is 0.981. The molecule has 2 aromatic rings. The van der Waals surface area contributed by atoms with E-state index in [2.05, 4.69) is 10.3 Å². The minimum atomic E-state index is 0.367. The van der Waals surface area contributed by atoms with E-state index in [0.717, 1.165) is 11.4 Å². The summed E-state index contributed by atoms with van der Waals surface area (Å²) in [7, 11) is 0. The molecular weight excluding hydrogens is 240 g/mol. The van der Waals surface area contributed by atoms with Crippen LogP contribution in [-0.2, 0) is 0 Å². The van der Waals surface area contributed by atoms with Crippen LogP contribution in [0.4, 0.5) is 11.4 Å². The van der Waals surface area contributed by atoms with Crippen LogP contribution >= 0.6 is 0 Å². The van der Waals surface area contributed by atoms with E-state index >= 15 is 0 Å². The average molecular weight is 254 g/mol. The summed E-state index contributed by atoms with van der Waals surface area (Å²) >= 11 is 0. The third-order valence-corrected chi connectivity index (χ3v) is 2.43. The fourth-order valence-corrected chi connectivity index (χ4v) is 1.56. The van der Waals surface area contributed by atoms with Crippen molar-refractivity contribution >= 4 is 11.4 Å². The molecule has 0 radical (unpaired) electrons. The van der Waals surface area contributed by atoms with Crippen LogP contribution in [0.2, 0.25) is 0 Å². The van der Waals surface area contributed by atoms with Crippen molar-refractivity contribution < 1.29 is 4.74 Å². The van der Waals surface area contributed by atoms with Crippen LogP contribution in [0.25, 0.3) is 0 Å². The number of nitrogens with two attached hydrogens (primary N) is 1. The first kappa shape index (κ1) is 12.9. The van der Waals surface area contributed by atoms with Gasteiger partial charge in [0.05, 0.1) is 5.69 Å². The van der Waals surface area contributed by atoms with Crippen molar-refractivity contribution in [1.82, 2.24) is 4.98 Å². The molecule has 2 rings (SSSR count). The molecule has 0 unspecified atom stereocenters. The van der Waals surface area contributed by atoms with Gasteiger partial charge in [0.1, 0.15) is 18.4 Å². The van der Waals surface area contributed by atoms with E-state index < -0.39 is 0 Å². The molecule has 5 heteroatoms. The number of aromatic nitrogens is 1. The highest BCUT2D eigenvalue weighted by molar-refractivity contribution is 5.64. The number of pyridine rings is 1. The van der Waals surface area contributed by atoms with Crippen LogP contribution in [0.5, 0.6) is 5.75 Å². The van der Waals surface area contributed by atoms with Gasteiger partial charge >= 0.3 is 0 Å². The quantitative estimate of drug-likeness (QED) is 0.853. The molecule has 0 aliphatic carbocycles. The highest BCUT2D eigenvalue weighted by atomic mass is 16.5. The number of ether oxygens (including phenoxy) is 1. The molecule has 0 bridgehead atoms. The summed E-state index contributed by atoms with van der Waals surface area (Å²) in [5.41, 5.74) is 7.28. The molecule has 0 fully saturated rings. The minimum absolute atomic E-state index is 0.367. The smallest absolute Gasteiger partial charge is 0.163 e. The Kier molecular flexibility index (Phi) is 4.32. The van der Waals surface area contributed by atoms with Crippen LogP contribution in [0.3, 0.4) is 0 Å². The number of hydrogen-bond donors (Lipinski definition) is 2. The molecule has 5 nitrogen and oxygen atoms in total. The Hall–Kier alpha value is -2.58. The maximum Gasteiger partial charge on any atom is 0.163 e. The number of nitriles is 1. The first-order valence-corrected chi connectivity index (χ1v) is 5.88. The zero-order chi connectivity index (χ0) is 13.5. The molecule has 1 aromatic heterocycles. The molecule has 3 N–H and O–H groups in total. The monoisotopic (exact) mass is 254 g/mol. The molecule has 0 spiro atoms. The van der Waals surface area contributed by atoms with E-state index in [0.29, 0.717) is 24.5 Å². The largest absolute Gasteiger partial charge is 0.492 e. The van der Waals surface area contributed by atoms with E-state index in [9.17, 15) is 0 Å². The van der Waals surface area contributed by atoms with Gasteiger partial charge in [-0.2, -0.15) is 5.26 Å². The number of anilines is 2. The van der Waals surface area contributed by atoms with Gasteiger partial charge in [-0.3, -0.25) is 0 Å². The Balaban J connectivity index is 2.09. The summed E-state index contributed by atoms with van der Waals surface area (Å²) in [5.74, 6) is 0.766. The van der Waals surface area contributed by atoms with Crippen LogP contribution in [0.1, 0.15) is 5.69 Å². The lowest BCUT2D eigenvalue weighted by Crippen LogP contribution is -2.10. The second kappa shape index (κ2) is 6.38. The highest BCUT2D eigenvalue weighted by Gasteiger charge is 2.02. The molecule has 0 aliphatic heterocycles. The Bertz CT molecular complexity index is 575. The van der Waals surface area contributed by atoms with Crippen LogP contribution < -0.4 is 15.8 Å². The number of nitrogens with zero attached hydrogens (tertiary/aromatic N) is 2. The molecule has 0 saturated carbocycles. The van der Waals surface area contributed by atoms with Crippen LogP contribution in [0.15, 0.2) is 42.6 Å². The Morgan fingerprint density at radius 3 is 2.74 bits per heavy atom. The summed E-state index contributed by atoms with van der Waals surface area (Å²) in [5, 5.41) is 12.1. The summed E-state index contributed by atoms with van der Waals surface area (Å²) < 4.78 is 5.39. The minimum Gasteiger partial charge on any atom is -0.492 e. The van der Waals surface area contributed by atoms with E-state index in [-0.39, 0.29) is 0 Å². The van der Waals surface area contributed by atoms with Crippen molar-refractivity contribution in [1.29, 1.82) is 5.26 Å². The first-order chi connectivity index (χ1) is 9.33. The van der Waals surface area contributed by atoms with Crippen molar-refractivity contribution in [3.8, 4) is 11.8 Å². The van der Waals surface area contributed by atoms with Gasteiger partial charge in [-0.05, 0) is 36.4 Å². The first-order valence-electron chi connectivity index (χ1n) is 5.88. The Morgan fingerprint density at radius 1 is 1.26 bits per heavy atom. The van der Waals surface area contributed by atoms with Crippen LogP contribution in [-0.4, -0.2) is 18.1 Å². The predicted molar refractivity (Wildman–Crippen MR) is 73.2 cm³/mol. The van der Waals surface area contributed by atoms with Crippen molar-refractivity contribution in [2.75, 3.05) is 18.5 Å². The molecule has 19 heavy (non-hydrogen) atoms. The van der Waals surface area contributed by atoms with Crippen molar-refractivity contribution in [3.63, 3.8) is 0 Å². The van der Waals surface area contributed by atoms with Crippen molar-refractivity contribution in [2.24, 2.45) is 5.73 Å². The third kappa shape index (κ3) is 3.44. The third-order valence-electron chi connectivity index (χ3n) is 2.43. The van der Waals surface area contributed by atoms with Gasteiger partial charge in [0.25, 0.3) is 0 Å². The fourth-order valence-electron chi connectivity index (χ4n) is 1.56. The lowest BCUT2D eigenvalue weighted by molar-refractivity contribution is 0.328. The standard InChI is InChI=1S/C14H14N4O/c15-7-9-19-12-5-3-11(4-6-12)18-13-2-1-8-17-14(13)10-16/h1-6,8,18H,7,9,15H2. The van der Waals surface area contributed by atoms with Gasteiger partial charge in [-0.15, -0.1) is 0 Å². The van der Waals surface area contributed by atoms with Gasteiger partial charge in [0.2, 0.25) is 0 Å². The van der Waals surface area contributed by atoms with E-state index in [1.807, 2.05) is 36.4 Å². The zero-order valence-electron chi connectivity index (χ0n) is 10.3. The van der Waals surface area contributed by atoms with Crippen molar-refractivity contribution in [3.05, 3.63) is 48.3 Å². The SMILES string of the molecule is N#Cc1ncccc1Nc1ccc(OCCN)cc1. The lowest BCUT2D eigenvalue weighted by atomic mass is 10.2. The molecule has 0 saturated heterocycles. The zero-order valence-corrected chi connectivity index (χ0v) is 10.3. The Labute approximate surface area is 111 Å². The van der Waals surface area contributed by atoms with Crippen LogP contribution in [0, 0.1) is 11.3 Å². The normalized spacial score (nSPS) is 9.68.